The van der Waals surface area contributed by atoms with Gasteiger partial charge in [-0.1, -0.05) is 27.7 Å². The summed E-state index contributed by atoms with van der Waals surface area (Å²) in [4.78, 5) is 0. The first-order valence-corrected chi connectivity index (χ1v) is 6.75. The van der Waals surface area contributed by atoms with E-state index in [1.165, 1.54) is 0 Å². The lowest BCUT2D eigenvalue weighted by atomic mass is 9.96. The van der Waals surface area contributed by atoms with Gasteiger partial charge in [-0.3, -0.25) is 0 Å². The molecule has 2 rings (SSSR count). The Balaban J connectivity index is 2.37. The largest absolute Gasteiger partial charge is 0.497 e. The van der Waals surface area contributed by atoms with E-state index >= 15 is 0 Å². The molecular formula is C16H25NO2. The fraction of sp³-hybridized carbons (Fsp3) is 0.625. The van der Waals surface area contributed by atoms with Crippen molar-refractivity contribution < 1.29 is 9.47 Å². The zero-order valence-corrected chi connectivity index (χ0v) is 12.8. The minimum absolute atomic E-state index is 0.0324. The van der Waals surface area contributed by atoms with Crippen LogP contribution in [0.25, 0.3) is 0 Å². The van der Waals surface area contributed by atoms with Gasteiger partial charge in [0.2, 0.25) is 0 Å². The minimum Gasteiger partial charge on any atom is -0.497 e. The standard InChI is InChI=1S/C16H25NO2/c1-15(2)14(16(15,3)4)13(17)11-9-10(18-5)7-8-12(11)19-6/h7-9,13-14H,17H2,1-6H3. The third kappa shape index (κ3) is 2.00. The monoisotopic (exact) mass is 263 g/mol. The Morgan fingerprint density at radius 2 is 1.63 bits per heavy atom. The van der Waals surface area contributed by atoms with E-state index in [0.29, 0.717) is 5.92 Å². The molecule has 1 unspecified atom stereocenters. The van der Waals surface area contributed by atoms with Crippen molar-refractivity contribution >= 4 is 0 Å². The Kier molecular flexibility index (Phi) is 3.29. The summed E-state index contributed by atoms with van der Waals surface area (Å²) < 4.78 is 10.7. The third-order valence-corrected chi connectivity index (χ3v) is 5.29. The molecule has 0 aromatic heterocycles. The van der Waals surface area contributed by atoms with Crippen LogP contribution in [0.3, 0.4) is 0 Å². The summed E-state index contributed by atoms with van der Waals surface area (Å²) in [6.07, 6.45) is 0. The molecule has 0 heterocycles. The summed E-state index contributed by atoms with van der Waals surface area (Å²) in [6.45, 7) is 9.13. The fourth-order valence-corrected chi connectivity index (χ4v) is 3.42. The van der Waals surface area contributed by atoms with Crippen LogP contribution in [0, 0.1) is 16.7 Å². The average molecular weight is 263 g/mol. The number of rotatable bonds is 4. The van der Waals surface area contributed by atoms with E-state index in [1.54, 1.807) is 14.2 Å². The van der Waals surface area contributed by atoms with E-state index < -0.39 is 0 Å². The summed E-state index contributed by atoms with van der Waals surface area (Å²) >= 11 is 0. The van der Waals surface area contributed by atoms with Crippen LogP contribution in [0.5, 0.6) is 11.5 Å². The number of ether oxygens (including phenoxy) is 2. The second kappa shape index (κ2) is 4.41. The van der Waals surface area contributed by atoms with Crippen molar-refractivity contribution in [1.29, 1.82) is 0 Å². The first-order chi connectivity index (χ1) is 8.77. The summed E-state index contributed by atoms with van der Waals surface area (Å²) in [5.74, 6) is 2.11. The molecule has 1 aromatic carbocycles. The van der Waals surface area contributed by atoms with Crippen LogP contribution in [0.4, 0.5) is 0 Å². The molecule has 3 heteroatoms. The molecule has 106 valence electrons. The molecule has 1 saturated carbocycles. The van der Waals surface area contributed by atoms with Gasteiger partial charge >= 0.3 is 0 Å². The van der Waals surface area contributed by atoms with Gasteiger partial charge in [-0.15, -0.1) is 0 Å². The molecule has 1 atom stereocenters. The summed E-state index contributed by atoms with van der Waals surface area (Å²) in [5, 5.41) is 0. The number of methoxy groups -OCH3 is 2. The van der Waals surface area contributed by atoms with Gasteiger partial charge in [0.15, 0.2) is 0 Å². The number of benzene rings is 1. The summed E-state index contributed by atoms with van der Waals surface area (Å²) in [7, 11) is 3.35. The zero-order valence-electron chi connectivity index (χ0n) is 12.8. The van der Waals surface area contributed by atoms with E-state index in [1.807, 2.05) is 18.2 Å². The van der Waals surface area contributed by atoms with Gasteiger partial charge in [0.1, 0.15) is 11.5 Å². The highest BCUT2D eigenvalue weighted by Crippen LogP contribution is 2.72. The number of hydrogen-bond donors (Lipinski definition) is 1. The SMILES string of the molecule is COc1ccc(OC)c(C(N)C2C(C)(C)C2(C)C)c1. The highest BCUT2D eigenvalue weighted by molar-refractivity contribution is 5.44. The van der Waals surface area contributed by atoms with Crippen molar-refractivity contribution in [1.82, 2.24) is 0 Å². The molecule has 0 aliphatic heterocycles. The zero-order chi connectivity index (χ0) is 14.4. The van der Waals surface area contributed by atoms with Crippen molar-refractivity contribution in [3.63, 3.8) is 0 Å². The van der Waals surface area contributed by atoms with Gasteiger partial charge in [0.25, 0.3) is 0 Å². The normalized spacial score (nSPS) is 21.8. The lowest BCUT2D eigenvalue weighted by molar-refractivity contribution is 0.387. The van der Waals surface area contributed by atoms with Gasteiger partial charge in [-0.2, -0.15) is 0 Å². The molecule has 0 spiro atoms. The first kappa shape index (κ1) is 14.2. The van der Waals surface area contributed by atoms with Crippen LogP contribution in [0.2, 0.25) is 0 Å². The maximum absolute atomic E-state index is 6.52. The van der Waals surface area contributed by atoms with E-state index in [-0.39, 0.29) is 16.9 Å². The Labute approximate surface area is 116 Å². The van der Waals surface area contributed by atoms with Gasteiger partial charge in [-0.25, -0.2) is 0 Å². The Morgan fingerprint density at radius 1 is 1.05 bits per heavy atom. The molecule has 1 aromatic rings. The molecule has 1 aliphatic rings. The van der Waals surface area contributed by atoms with Crippen LogP contribution in [0.1, 0.15) is 39.3 Å². The van der Waals surface area contributed by atoms with Crippen LogP contribution >= 0.6 is 0 Å². The summed E-state index contributed by atoms with van der Waals surface area (Å²) in [6, 6.07) is 5.79. The number of nitrogens with two attached hydrogens (primary N) is 1. The molecule has 3 nitrogen and oxygen atoms in total. The Bertz CT molecular complexity index is 466. The van der Waals surface area contributed by atoms with Gasteiger partial charge in [0, 0.05) is 11.6 Å². The van der Waals surface area contributed by atoms with Crippen LogP contribution in [-0.2, 0) is 0 Å². The maximum atomic E-state index is 6.52. The molecule has 19 heavy (non-hydrogen) atoms. The molecular weight excluding hydrogens is 238 g/mol. The lowest BCUT2D eigenvalue weighted by Gasteiger charge is -2.18. The van der Waals surface area contributed by atoms with Crippen LogP contribution in [0.15, 0.2) is 18.2 Å². The van der Waals surface area contributed by atoms with Crippen LogP contribution in [-0.4, -0.2) is 14.2 Å². The van der Waals surface area contributed by atoms with Gasteiger partial charge in [0.05, 0.1) is 14.2 Å². The molecule has 0 saturated heterocycles. The van der Waals surface area contributed by atoms with Crippen molar-refractivity contribution in [3.05, 3.63) is 23.8 Å². The predicted molar refractivity (Wildman–Crippen MR) is 77.5 cm³/mol. The number of hydrogen-bond acceptors (Lipinski definition) is 3. The Morgan fingerprint density at radius 3 is 2.05 bits per heavy atom. The van der Waals surface area contributed by atoms with E-state index in [0.717, 1.165) is 17.1 Å². The molecule has 1 aliphatic carbocycles. The first-order valence-electron chi connectivity index (χ1n) is 6.75. The topological polar surface area (TPSA) is 44.5 Å². The van der Waals surface area contributed by atoms with Crippen molar-refractivity contribution in [2.24, 2.45) is 22.5 Å². The smallest absolute Gasteiger partial charge is 0.123 e. The minimum atomic E-state index is -0.0324. The second-order valence-electron chi connectivity index (χ2n) is 6.55. The molecule has 0 radical (unpaired) electrons. The van der Waals surface area contributed by atoms with Crippen molar-refractivity contribution in [2.75, 3.05) is 14.2 Å². The van der Waals surface area contributed by atoms with E-state index in [2.05, 4.69) is 27.7 Å². The fourth-order valence-electron chi connectivity index (χ4n) is 3.42. The van der Waals surface area contributed by atoms with Crippen LogP contribution < -0.4 is 15.2 Å². The predicted octanol–water partition coefficient (Wildman–Crippen LogP) is 3.39. The quantitative estimate of drug-likeness (QED) is 0.905. The summed E-state index contributed by atoms with van der Waals surface area (Å²) in [5.41, 5.74) is 8.05. The van der Waals surface area contributed by atoms with Crippen molar-refractivity contribution in [3.8, 4) is 11.5 Å². The highest BCUT2D eigenvalue weighted by Gasteiger charge is 2.66. The maximum Gasteiger partial charge on any atom is 0.123 e. The molecule has 0 bridgehead atoms. The molecule has 1 fully saturated rings. The Hall–Kier alpha value is -1.22. The van der Waals surface area contributed by atoms with Gasteiger partial charge < -0.3 is 15.2 Å². The molecule has 2 N–H and O–H groups in total. The van der Waals surface area contributed by atoms with E-state index in [4.69, 9.17) is 15.2 Å². The lowest BCUT2D eigenvalue weighted by Crippen LogP contribution is -2.17. The van der Waals surface area contributed by atoms with Gasteiger partial charge in [-0.05, 0) is 34.9 Å². The van der Waals surface area contributed by atoms with E-state index in [9.17, 15) is 0 Å². The third-order valence-electron chi connectivity index (χ3n) is 5.29. The second-order valence-corrected chi connectivity index (χ2v) is 6.55. The highest BCUT2D eigenvalue weighted by atomic mass is 16.5. The average Bonchev–Trinajstić information content (AvgIpc) is 2.78. The molecule has 0 amide bonds. The van der Waals surface area contributed by atoms with Crippen molar-refractivity contribution in [2.45, 2.75) is 33.7 Å².